The van der Waals surface area contributed by atoms with Crippen LogP contribution in [0.1, 0.15) is 26.7 Å². The lowest BCUT2D eigenvalue weighted by Crippen LogP contribution is -2.11. The molecule has 0 aliphatic carbocycles. The average Bonchev–Trinajstić information content (AvgIpc) is 3.28. The number of hydrogen-bond acceptors (Lipinski definition) is 6. The zero-order chi connectivity index (χ0) is 18.5. The molecule has 2 aromatic heterocycles. The fourth-order valence-corrected chi connectivity index (χ4v) is 3.07. The Morgan fingerprint density at radius 1 is 1.31 bits per heavy atom. The van der Waals surface area contributed by atoms with Gasteiger partial charge < -0.3 is 19.0 Å². The van der Waals surface area contributed by atoms with Crippen LogP contribution in [-0.4, -0.2) is 28.5 Å². The smallest absolute Gasteiger partial charge is 0.337 e. The minimum Gasteiger partial charge on any atom is -0.465 e. The Hall–Kier alpha value is -3.00. The summed E-state index contributed by atoms with van der Waals surface area (Å²) in [6.45, 7) is 0. The molecule has 0 atom stereocenters. The van der Waals surface area contributed by atoms with Gasteiger partial charge in [-0.15, -0.1) is 0 Å². The third kappa shape index (κ3) is 4.15. The molecule has 3 rings (SSSR count). The van der Waals surface area contributed by atoms with Gasteiger partial charge in [0.2, 0.25) is 0 Å². The molecule has 0 radical (unpaired) electrons. The van der Waals surface area contributed by atoms with Crippen LogP contribution in [0.25, 0.3) is 0 Å². The van der Waals surface area contributed by atoms with E-state index >= 15 is 0 Å². The number of nitrogens with one attached hydrogen (secondary N) is 1. The summed E-state index contributed by atoms with van der Waals surface area (Å²) in [7, 11) is 3.22. The molecule has 2 heterocycles. The molecule has 0 aliphatic rings. The fourth-order valence-electron chi connectivity index (χ4n) is 2.24. The number of methoxy groups -OCH3 is 1. The number of aryl methyl sites for hydroxylation is 1. The van der Waals surface area contributed by atoms with Crippen molar-refractivity contribution in [3.63, 3.8) is 0 Å². The van der Waals surface area contributed by atoms with Crippen molar-refractivity contribution in [3.05, 3.63) is 65.9 Å². The van der Waals surface area contributed by atoms with Crippen LogP contribution in [0.2, 0.25) is 0 Å². The second-order valence-electron chi connectivity index (χ2n) is 5.40. The van der Waals surface area contributed by atoms with Crippen molar-refractivity contribution in [3.8, 4) is 0 Å². The molecule has 0 aliphatic heterocycles. The van der Waals surface area contributed by atoms with Crippen molar-refractivity contribution in [2.75, 3.05) is 12.4 Å². The van der Waals surface area contributed by atoms with Gasteiger partial charge in [-0.25, -0.2) is 9.78 Å². The molecule has 0 fully saturated rings. The van der Waals surface area contributed by atoms with Gasteiger partial charge in [-0.1, -0.05) is 17.8 Å². The Morgan fingerprint density at radius 2 is 2.15 bits per heavy atom. The third-order valence-electron chi connectivity index (χ3n) is 3.55. The Balaban J connectivity index is 1.63. The topological polar surface area (TPSA) is 86.4 Å². The first-order chi connectivity index (χ1) is 12.6. The molecular weight excluding hydrogens is 354 g/mol. The summed E-state index contributed by atoms with van der Waals surface area (Å²) in [5.74, 6) is 0.582. The van der Waals surface area contributed by atoms with Gasteiger partial charge in [-0.3, -0.25) is 4.79 Å². The summed E-state index contributed by atoms with van der Waals surface area (Å²) in [6.07, 6.45) is 3.59. The molecule has 0 spiro atoms. The van der Waals surface area contributed by atoms with Crippen LogP contribution in [0.5, 0.6) is 0 Å². The van der Waals surface area contributed by atoms with Crippen molar-refractivity contribution >= 4 is 29.3 Å². The highest BCUT2D eigenvalue weighted by atomic mass is 32.2. The Kier molecular flexibility index (Phi) is 5.43. The Bertz CT molecular complexity index is 932. The van der Waals surface area contributed by atoms with Crippen LogP contribution < -0.4 is 5.32 Å². The number of anilines is 1. The lowest BCUT2D eigenvalue weighted by Gasteiger charge is -2.05. The number of ether oxygens (including phenoxy) is 1. The van der Waals surface area contributed by atoms with Gasteiger partial charge in [0.1, 0.15) is 5.76 Å². The first-order valence-electron chi connectivity index (χ1n) is 7.75. The number of esters is 1. The molecular formula is C18H17N3O4S. The molecule has 26 heavy (non-hydrogen) atoms. The number of imidazole rings is 1. The highest BCUT2D eigenvalue weighted by Gasteiger charge is 2.13. The number of nitrogens with zero attached hydrogens (tertiary/aromatic N) is 2. The maximum atomic E-state index is 12.3. The second kappa shape index (κ2) is 7.92. The summed E-state index contributed by atoms with van der Waals surface area (Å²) < 4.78 is 12.2. The lowest BCUT2D eigenvalue weighted by atomic mass is 10.2. The summed E-state index contributed by atoms with van der Waals surface area (Å²) in [5, 5.41) is 3.57. The van der Waals surface area contributed by atoms with Crippen LogP contribution in [0, 0.1) is 0 Å². The molecule has 134 valence electrons. The van der Waals surface area contributed by atoms with E-state index in [-0.39, 0.29) is 11.7 Å². The van der Waals surface area contributed by atoms with Crippen molar-refractivity contribution in [2.24, 2.45) is 7.05 Å². The molecule has 3 aromatic rings. The number of carbonyl (C=O) groups is 2. The number of thioether (sulfide) groups is 1. The van der Waals surface area contributed by atoms with E-state index in [0.29, 0.717) is 22.8 Å². The van der Waals surface area contributed by atoms with Crippen LogP contribution >= 0.6 is 11.8 Å². The third-order valence-corrected chi connectivity index (χ3v) is 4.63. The standard InChI is InChI=1S/C18H17N3O4S/c1-21-9-8-19-18(21)26-11-14-6-7-15(25-14)16(22)20-13-5-3-4-12(10-13)17(23)24-2/h3-10H,11H2,1-2H3,(H,20,22). The maximum absolute atomic E-state index is 12.3. The van der Waals surface area contributed by atoms with E-state index in [1.54, 1.807) is 42.6 Å². The number of hydrogen-bond donors (Lipinski definition) is 1. The van der Waals surface area contributed by atoms with Gasteiger partial charge in [0.25, 0.3) is 5.91 Å². The molecule has 1 amide bonds. The second-order valence-corrected chi connectivity index (χ2v) is 6.34. The largest absolute Gasteiger partial charge is 0.465 e. The van der Waals surface area contributed by atoms with Gasteiger partial charge in [-0.05, 0) is 30.3 Å². The Labute approximate surface area is 154 Å². The van der Waals surface area contributed by atoms with E-state index in [1.165, 1.54) is 18.9 Å². The van der Waals surface area contributed by atoms with Gasteiger partial charge >= 0.3 is 5.97 Å². The van der Waals surface area contributed by atoms with Crippen molar-refractivity contribution < 1.29 is 18.7 Å². The SMILES string of the molecule is COC(=O)c1cccc(NC(=O)c2ccc(CSc3nccn3C)o2)c1. The van der Waals surface area contributed by atoms with Gasteiger partial charge in [0.15, 0.2) is 10.9 Å². The molecule has 0 saturated carbocycles. The van der Waals surface area contributed by atoms with Crippen LogP contribution in [0.15, 0.2) is 58.4 Å². The van der Waals surface area contributed by atoms with E-state index in [0.717, 1.165) is 5.16 Å². The van der Waals surface area contributed by atoms with Crippen molar-refractivity contribution in [2.45, 2.75) is 10.9 Å². The minimum absolute atomic E-state index is 0.198. The first kappa shape index (κ1) is 17.8. The van der Waals surface area contributed by atoms with E-state index in [4.69, 9.17) is 4.42 Å². The predicted molar refractivity (Wildman–Crippen MR) is 97.2 cm³/mol. The fraction of sp³-hybridized carbons (Fsp3) is 0.167. The van der Waals surface area contributed by atoms with E-state index in [1.807, 2.05) is 17.8 Å². The summed E-state index contributed by atoms with van der Waals surface area (Å²) in [4.78, 5) is 28.1. The van der Waals surface area contributed by atoms with Gasteiger partial charge in [0.05, 0.1) is 18.4 Å². The Morgan fingerprint density at radius 3 is 2.88 bits per heavy atom. The van der Waals surface area contributed by atoms with E-state index < -0.39 is 5.97 Å². The zero-order valence-electron chi connectivity index (χ0n) is 14.3. The number of amides is 1. The number of furan rings is 1. The molecule has 0 bridgehead atoms. The van der Waals surface area contributed by atoms with Crippen molar-refractivity contribution in [1.82, 2.24) is 9.55 Å². The predicted octanol–water partition coefficient (Wildman–Crippen LogP) is 3.34. The maximum Gasteiger partial charge on any atom is 0.337 e. The number of aromatic nitrogens is 2. The van der Waals surface area contributed by atoms with E-state index in [2.05, 4.69) is 15.0 Å². The summed E-state index contributed by atoms with van der Waals surface area (Å²) in [6, 6.07) is 9.89. The number of rotatable bonds is 6. The molecule has 8 heteroatoms. The van der Waals surface area contributed by atoms with E-state index in [9.17, 15) is 9.59 Å². The molecule has 7 nitrogen and oxygen atoms in total. The molecule has 1 aromatic carbocycles. The number of carbonyl (C=O) groups excluding carboxylic acids is 2. The van der Waals surface area contributed by atoms with Crippen LogP contribution in [0.4, 0.5) is 5.69 Å². The lowest BCUT2D eigenvalue weighted by molar-refractivity contribution is 0.0600. The molecule has 0 unspecified atom stereocenters. The first-order valence-corrected chi connectivity index (χ1v) is 8.74. The van der Waals surface area contributed by atoms with Gasteiger partial charge in [-0.2, -0.15) is 0 Å². The zero-order valence-corrected chi connectivity index (χ0v) is 15.1. The highest BCUT2D eigenvalue weighted by molar-refractivity contribution is 7.98. The summed E-state index contributed by atoms with van der Waals surface area (Å²) >= 11 is 1.52. The van der Waals surface area contributed by atoms with Crippen LogP contribution in [0.3, 0.4) is 0 Å². The normalized spacial score (nSPS) is 10.5. The average molecular weight is 371 g/mol. The summed E-state index contributed by atoms with van der Waals surface area (Å²) in [5.41, 5.74) is 0.843. The monoisotopic (exact) mass is 371 g/mol. The molecule has 1 N–H and O–H groups in total. The quantitative estimate of drug-likeness (QED) is 0.528. The molecule has 0 saturated heterocycles. The highest BCUT2D eigenvalue weighted by Crippen LogP contribution is 2.22. The minimum atomic E-state index is -0.465. The van der Waals surface area contributed by atoms with Crippen LogP contribution in [-0.2, 0) is 17.5 Å². The van der Waals surface area contributed by atoms with Gasteiger partial charge in [0, 0.05) is 25.1 Å². The van der Waals surface area contributed by atoms with Crippen molar-refractivity contribution in [1.29, 1.82) is 0 Å². The number of benzene rings is 1.